The average molecular weight is 318 g/mol. The summed E-state index contributed by atoms with van der Waals surface area (Å²) in [6, 6.07) is 5.49. The number of anilines is 1. The smallest absolute Gasteiger partial charge is 0.337 e. The summed E-state index contributed by atoms with van der Waals surface area (Å²) in [6.45, 7) is 1.55. The van der Waals surface area contributed by atoms with Crippen LogP contribution in [0.1, 0.15) is 12.5 Å². The van der Waals surface area contributed by atoms with Gasteiger partial charge in [0, 0.05) is 22.8 Å². The first-order chi connectivity index (χ1) is 8.38. The molecule has 0 fully saturated rings. The normalized spacial score (nSPS) is 14.0. The Morgan fingerprint density at radius 1 is 1.56 bits per heavy atom. The first kappa shape index (κ1) is 14.9. The van der Waals surface area contributed by atoms with Crippen molar-refractivity contribution in [2.75, 3.05) is 19.0 Å². The van der Waals surface area contributed by atoms with Crippen LogP contribution in [0.15, 0.2) is 22.7 Å². The summed E-state index contributed by atoms with van der Waals surface area (Å²) in [7, 11) is 1.58. The number of aliphatic carboxylic acids is 1. The van der Waals surface area contributed by atoms with Gasteiger partial charge in [-0.15, -0.1) is 0 Å². The maximum atomic E-state index is 10.8. The molecule has 0 saturated carbocycles. The molecule has 0 spiro atoms. The number of nitrogens with one attached hydrogen (secondary N) is 1. The molecule has 0 aliphatic carbocycles. The van der Waals surface area contributed by atoms with Crippen LogP contribution in [0, 0.1) is 0 Å². The van der Waals surface area contributed by atoms with Gasteiger partial charge in [-0.1, -0.05) is 22.0 Å². The lowest BCUT2D eigenvalue weighted by Crippen LogP contribution is -2.41. The highest BCUT2D eigenvalue weighted by molar-refractivity contribution is 9.10. The van der Waals surface area contributed by atoms with Gasteiger partial charge in [0.25, 0.3) is 0 Å². The van der Waals surface area contributed by atoms with Crippen LogP contribution < -0.4 is 5.32 Å². The fourth-order valence-corrected chi connectivity index (χ4v) is 1.84. The quantitative estimate of drug-likeness (QED) is 0.746. The Balaban J connectivity index is 2.85. The summed E-state index contributed by atoms with van der Waals surface area (Å²) in [6.07, 6.45) is 0. The van der Waals surface area contributed by atoms with Crippen molar-refractivity contribution in [1.29, 1.82) is 0 Å². The molecule has 18 heavy (non-hydrogen) atoms. The molecule has 100 valence electrons. The van der Waals surface area contributed by atoms with Gasteiger partial charge in [0.15, 0.2) is 5.60 Å². The standard InChI is InChI=1S/C12H16BrNO4/c1-12(17,11(15)16)7-14-10-5-3-4-9(13)8(10)6-18-2/h3-5,14,17H,6-7H2,1-2H3,(H,15,16). The van der Waals surface area contributed by atoms with Gasteiger partial charge >= 0.3 is 5.97 Å². The molecule has 0 aromatic heterocycles. The Hall–Kier alpha value is -1.11. The van der Waals surface area contributed by atoms with Crippen molar-refractivity contribution in [3.8, 4) is 0 Å². The van der Waals surface area contributed by atoms with E-state index in [4.69, 9.17) is 9.84 Å². The topological polar surface area (TPSA) is 78.8 Å². The predicted octanol–water partition coefficient (Wildman–Crippen LogP) is 1.84. The van der Waals surface area contributed by atoms with Crippen LogP contribution in [0.5, 0.6) is 0 Å². The molecular formula is C12H16BrNO4. The van der Waals surface area contributed by atoms with E-state index >= 15 is 0 Å². The lowest BCUT2D eigenvalue weighted by atomic mass is 10.1. The fraction of sp³-hybridized carbons (Fsp3) is 0.417. The average Bonchev–Trinajstić information content (AvgIpc) is 2.30. The number of carboxylic acid groups (broad SMARTS) is 1. The molecule has 6 heteroatoms. The lowest BCUT2D eigenvalue weighted by Gasteiger charge is -2.21. The highest BCUT2D eigenvalue weighted by Crippen LogP contribution is 2.26. The zero-order valence-electron chi connectivity index (χ0n) is 10.2. The third-order valence-electron chi connectivity index (χ3n) is 2.49. The molecule has 5 nitrogen and oxygen atoms in total. The van der Waals surface area contributed by atoms with Gasteiger partial charge in [-0.05, 0) is 19.1 Å². The summed E-state index contributed by atoms with van der Waals surface area (Å²) in [4.78, 5) is 10.8. The van der Waals surface area contributed by atoms with Crippen LogP contribution in [-0.4, -0.2) is 35.4 Å². The Labute approximate surface area is 114 Å². The minimum Gasteiger partial charge on any atom is -0.479 e. The molecule has 0 saturated heterocycles. The highest BCUT2D eigenvalue weighted by Gasteiger charge is 2.29. The Morgan fingerprint density at radius 2 is 2.22 bits per heavy atom. The van der Waals surface area contributed by atoms with Crippen LogP contribution in [0.2, 0.25) is 0 Å². The van der Waals surface area contributed by atoms with E-state index in [0.717, 1.165) is 15.7 Å². The number of ether oxygens (including phenoxy) is 1. The number of benzene rings is 1. The number of carboxylic acids is 1. The number of hydrogen-bond acceptors (Lipinski definition) is 4. The van der Waals surface area contributed by atoms with Crippen molar-refractivity contribution < 1.29 is 19.7 Å². The summed E-state index contributed by atoms with van der Waals surface area (Å²) < 4.78 is 5.95. The van der Waals surface area contributed by atoms with Crippen LogP contribution >= 0.6 is 15.9 Å². The van der Waals surface area contributed by atoms with E-state index in [1.807, 2.05) is 12.1 Å². The third-order valence-corrected chi connectivity index (χ3v) is 3.23. The van der Waals surface area contributed by atoms with Gasteiger partial charge in [-0.25, -0.2) is 4.79 Å². The minimum atomic E-state index is -1.81. The van der Waals surface area contributed by atoms with Gasteiger partial charge in [0.05, 0.1) is 13.2 Å². The Morgan fingerprint density at radius 3 is 2.78 bits per heavy atom. The second-order valence-corrected chi connectivity index (χ2v) is 4.99. The number of carbonyl (C=O) groups is 1. The number of rotatable bonds is 6. The molecule has 0 bridgehead atoms. The van der Waals surface area contributed by atoms with Gasteiger partial charge < -0.3 is 20.3 Å². The molecule has 1 rings (SSSR count). The van der Waals surface area contributed by atoms with Crippen molar-refractivity contribution in [3.63, 3.8) is 0 Å². The Bertz CT molecular complexity index is 434. The van der Waals surface area contributed by atoms with E-state index in [9.17, 15) is 9.90 Å². The molecule has 1 aromatic carbocycles. The zero-order valence-corrected chi connectivity index (χ0v) is 11.8. The molecule has 0 heterocycles. The first-order valence-electron chi connectivity index (χ1n) is 5.34. The summed E-state index contributed by atoms with van der Waals surface area (Å²) in [5, 5.41) is 21.4. The molecule has 1 atom stereocenters. The fourth-order valence-electron chi connectivity index (χ4n) is 1.36. The summed E-state index contributed by atoms with van der Waals surface area (Å²) in [5.74, 6) is -1.27. The maximum Gasteiger partial charge on any atom is 0.337 e. The van der Waals surface area contributed by atoms with Crippen molar-refractivity contribution in [1.82, 2.24) is 0 Å². The van der Waals surface area contributed by atoms with E-state index in [2.05, 4.69) is 21.2 Å². The van der Waals surface area contributed by atoms with E-state index < -0.39 is 11.6 Å². The van der Waals surface area contributed by atoms with Crippen molar-refractivity contribution in [2.45, 2.75) is 19.1 Å². The van der Waals surface area contributed by atoms with Crippen molar-refractivity contribution in [2.24, 2.45) is 0 Å². The van der Waals surface area contributed by atoms with Gasteiger partial charge in [0.2, 0.25) is 0 Å². The van der Waals surface area contributed by atoms with Crippen molar-refractivity contribution >= 4 is 27.6 Å². The SMILES string of the molecule is COCc1c(Br)cccc1NCC(C)(O)C(=O)O. The van der Waals surface area contributed by atoms with E-state index in [1.165, 1.54) is 6.92 Å². The number of hydrogen-bond donors (Lipinski definition) is 3. The largest absolute Gasteiger partial charge is 0.479 e. The molecule has 3 N–H and O–H groups in total. The first-order valence-corrected chi connectivity index (χ1v) is 6.13. The summed E-state index contributed by atoms with van der Waals surface area (Å²) in [5.41, 5.74) is -0.207. The maximum absolute atomic E-state index is 10.8. The second kappa shape index (κ2) is 6.17. The van der Waals surface area contributed by atoms with E-state index in [0.29, 0.717) is 6.61 Å². The highest BCUT2D eigenvalue weighted by atomic mass is 79.9. The van der Waals surface area contributed by atoms with Gasteiger partial charge in [-0.3, -0.25) is 0 Å². The van der Waals surface area contributed by atoms with Crippen molar-refractivity contribution in [3.05, 3.63) is 28.2 Å². The second-order valence-electron chi connectivity index (χ2n) is 4.13. The molecule has 0 radical (unpaired) electrons. The monoisotopic (exact) mass is 317 g/mol. The molecule has 1 aromatic rings. The van der Waals surface area contributed by atoms with Crippen LogP contribution in [0.4, 0.5) is 5.69 Å². The number of halogens is 1. The summed E-state index contributed by atoms with van der Waals surface area (Å²) >= 11 is 3.40. The van der Waals surface area contributed by atoms with Crippen LogP contribution in [-0.2, 0) is 16.1 Å². The van der Waals surface area contributed by atoms with Gasteiger partial charge in [-0.2, -0.15) is 0 Å². The molecule has 1 unspecified atom stereocenters. The zero-order chi connectivity index (χ0) is 13.8. The van der Waals surface area contributed by atoms with Crippen LogP contribution in [0.25, 0.3) is 0 Å². The molecular weight excluding hydrogens is 302 g/mol. The number of aliphatic hydroxyl groups is 1. The molecule has 0 aliphatic rings. The molecule has 0 aliphatic heterocycles. The third kappa shape index (κ3) is 3.69. The molecule has 0 amide bonds. The lowest BCUT2D eigenvalue weighted by molar-refractivity contribution is -0.155. The van der Waals surface area contributed by atoms with Gasteiger partial charge in [0.1, 0.15) is 0 Å². The number of methoxy groups -OCH3 is 1. The van der Waals surface area contributed by atoms with E-state index in [-0.39, 0.29) is 6.54 Å². The van der Waals surface area contributed by atoms with E-state index in [1.54, 1.807) is 13.2 Å². The Kier molecular flexibility index (Phi) is 5.13. The van der Waals surface area contributed by atoms with Crippen LogP contribution in [0.3, 0.4) is 0 Å². The minimum absolute atomic E-state index is 0.0878. The predicted molar refractivity (Wildman–Crippen MR) is 71.6 cm³/mol.